The molecule has 0 aromatic rings. The predicted molar refractivity (Wildman–Crippen MR) is 30.3 cm³/mol. The van der Waals surface area contributed by atoms with Crippen LogP contribution in [0.4, 0.5) is 0 Å². The van der Waals surface area contributed by atoms with Crippen LogP contribution >= 0.6 is 0 Å². The average molecular weight is 99.1 g/mol. The lowest BCUT2D eigenvalue weighted by atomic mass is 10.7. The Balaban J connectivity index is 3.60. The Morgan fingerprint density at radius 2 is 2.43 bits per heavy atom. The highest BCUT2D eigenvalue weighted by atomic mass is 16.5. The quantitative estimate of drug-likeness (QED) is 0.376. The Morgan fingerprint density at radius 1 is 1.86 bits per heavy atom. The van der Waals surface area contributed by atoms with Crippen molar-refractivity contribution in [1.82, 2.24) is 0 Å². The Labute approximate surface area is 43.5 Å². The summed E-state index contributed by atoms with van der Waals surface area (Å²) in [6.07, 6.45) is 1.74. The molecular formula is C5H9NO. The summed E-state index contributed by atoms with van der Waals surface area (Å²) in [5, 5.41) is 0. The van der Waals surface area contributed by atoms with Gasteiger partial charge < -0.3 is 4.74 Å². The second-order valence-electron chi connectivity index (χ2n) is 0.989. The van der Waals surface area contributed by atoms with Gasteiger partial charge in [-0.25, -0.2) is 4.99 Å². The predicted octanol–water partition coefficient (Wildman–Crippen LogP) is 1.19. The van der Waals surface area contributed by atoms with E-state index in [4.69, 9.17) is 0 Å². The smallest absolute Gasteiger partial charge is 0.207 e. The molecular weight excluding hydrogens is 90.1 g/mol. The molecule has 0 heterocycles. The zero-order valence-electron chi connectivity index (χ0n) is 4.64. The first-order valence-corrected chi connectivity index (χ1v) is 2.02. The van der Waals surface area contributed by atoms with Gasteiger partial charge in [-0.1, -0.05) is 0 Å². The normalized spacial score (nSPS) is 10.9. The lowest BCUT2D eigenvalue weighted by Crippen LogP contribution is -1.77. The molecule has 0 unspecified atom stereocenters. The number of hydrogen-bond acceptors (Lipinski definition) is 2. The van der Waals surface area contributed by atoms with Gasteiger partial charge in [0.1, 0.15) is 0 Å². The molecule has 0 atom stereocenters. The maximum atomic E-state index is 4.68. The summed E-state index contributed by atoms with van der Waals surface area (Å²) in [4.78, 5) is 3.51. The SMILES string of the molecule is C=NC(=CC)OC. The van der Waals surface area contributed by atoms with Gasteiger partial charge in [0.25, 0.3) is 0 Å². The van der Waals surface area contributed by atoms with E-state index in [-0.39, 0.29) is 0 Å². The highest BCUT2D eigenvalue weighted by Crippen LogP contribution is 1.91. The van der Waals surface area contributed by atoms with E-state index in [0.29, 0.717) is 5.88 Å². The molecule has 0 amide bonds. The average Bonchev–Trinajstić information content (AvgIpc) is 1.72. The molecule has 2 nitrogen and oxygen atoms in total. The van der Waals surface area contributed by atoms with Crippen LogP contribution in [0.5, 0.6) is 0 Å². The van der Waals surface area contributed by atoms with Gasteiger partial charge in [0.05, 0.1) is 7.11 Å². The summed E-state index contributed by atoms with van der Waals surface area (Å²) in [5.41, 5.74) is 0. The Hall–Kier alpha value is -0.790. The minimum Gasteiger partial charge on any atom is -0.481 e. The molecule has 0 aliphatic heterocycles. The molecule has 0 aromatic carbocycles. The fraction of sp³-hybridized carbons (Fsp3) is 0.400. The minimum absolute atomic E-state index is 0.569. The van der Waals surface area contributed by atoms with Crippen LogP contribution in [0.15, 0.2) is 17.0 Å². The maximum Gasteiger partial charge on any atom is 0.207 e. The second kappa shape index (κ2) is 3.40. The highest BCUT2D eigenvalue weighted by Gasteiger charge is 1.78. The molecule has 0 saturated heterocycles. The molecule has 0 radical (unpaired) electrons. The van der Waals surface area contributed by atoms with Crippen LogP contribution in [-0.2, 0) is 4.74 Å². The van der Waals surface area contributed by atoms with E-state index in [2.05, 4.69) is 16.4 Å². The largest absolute Gasteiger partial charge is 0.481 e. The summed E-state index contributed by atoms with van der Waals surface area (Å²) in [6.45, 7) is 5.10. The molecule has 0 spiro atoms. The van der Waals surface area contributed by atoms with Crippen molar-refractivity contribution >= 4 is 6.72 Å². The number of hydrogen-bond donors (Lipinski definition) is 0. The van der Waals surface area contributed by atoms with E-state index < -0.39 is 0 Å². The Bertz CT molecular complexity index is 86.1. The minimum atomic E-state index is 0.569. The summed E-state index contributed by atoms with van der Waals surface area (Å²) in [7, 11) is 1.56. The van der Waals surface area contributed by atoms with Crippen LogP contribution in [0.3, 0.4) is 0 Å². The number of allylic oxidation sites excluding steroid dienone is 1. The van der Waals surface area contributed by atoms with E-state index in [1.807, 2.05) is 6.92 Å². The van der Waals surface area contributed by atoms with E-state index in [0.717, 1.165) is 0 Å². The number of nitrogens with zero attached hydrogens (tertiary/aromatic N) is 1. The van der Waals surface area contributed by atoms with E-state index in [9.17, 15) is 0 Å². The molecule has 2 heteroatoms. The van der Waals surface area contributed by atoms with Crippen molar-refractivity contribution < 1.29 is 4.74 Å². The molecule has 0 aromatic heterocycles. The first kappa shape index (κ1) is 6.21. The van der Waals surface area contributed by atoms with Crippen LogP contribution in [0, 0.1) is 0 Å². The second-order valence-corrected chi connectivity index (χ2v) is 0.989. The third-order valence-electron chi connectivity index (χ3n) is 0.612. The summed E-state index contributed by atoms with van der Waals surface area (Å²) >= 11 is 0. The maximum absolute atomic E-state index is 4.68. The number of aliphatic imine (C=N–C) groups is 1. The van der Waals surface area contributed by atoms with Gasteiger partial charge in [0.2, 0.25) is 5.88 Å². The van der Waals surface area contributed by atoms with Crippen LogP contribution in [0.2, 0.25) is 0 Å². The highest BCUT2D eigenvalue weighted by molar-refractivity contribution is 5.27. The van der Waals surface area contributed by atoms with Crippen molar-refractivity contribution in [3.63, 3.8) is 0 Å². The summed E-state index contributed by atoms with van der Waals surface area (Å²) in [6, 6.07) is 0. The van der Waals surface area contributed by atoms with Gasteiger partial charge in [-0.05, 0) is 19.7 Å². The topological polar surface area (TPSA) is 21.6 Å². The van der Waals surface area contributed by atoms with Crippen LogP contribution < -0.4 is 0 Å². The van der Waals surface area contributed by atoms with Crippen molar-refractivity contribution in [1.29, 1.82) is 0 Å². The number of ether oxygens (including phenoxy) is 1. The van der Waals surface area contributed by atoms with Gasteiger partial charge in [0, 0.05) is 0 Å². The van der Waals surface area contributed by atoms with Crippen molar-refractivity contribution in [2.45, 2.75) is 6.92 Å². The van der Waals surface area contributed by atoms with E-state index in [1.54, 1.807) is 13.2 Å². The lowest BCUT2D eigenvalue weighted by Gasteiger charge is -1.92. The molecule has 0 aliphatic carbocycles. The van der Waals surface area contributed by atoms with Gasteiger partial charge in [-0.2, -0.15) is 0 Å². The zero-order valence-corrected chi connectivity index (χ0v) is 4.64. The molecule has 7 heavy (non-hydrogen) atoms. The lowest BCUT2D eigenvalue weighted by molar-refractivity contribution is 0.288. The molecule has 0 N–H and O–H groups in total. The van der Waals surface area contributed by atoms with Crippen molar-refractivity contribution in [2.75, 3.05) is 7.11 Å². The third-order valence-corrected chi connectivity index (χ3v) is 0.612. The van der Waals surface area contributed by atoms with Crippen molar-refractivity contribution in [2.24, 2.45) is 4.99 Å². The first-order valence-electron chi connectivity index (χ1n) is 2.02. The number of rotatable bonds is 2. The van der Waals surface area contributed by atoms with Gasteiger partial charge >= 0.3 is 0 Å². The number of methoxy groups -OCH3 is 1. The van der Waals surface area contributed by atoms with Crippen molar-refractivity contribution in [3.05, 3.63) is 12.0 Å². The van der Waals surface area contributed by atoms with Crippen LogP contribution in [-0.4, -0.2) is 13.8 Å². The monoisotopic (exact) mass is 99.1 g/mol. The van der Waals surface area contributed by atoms with Crippen LogP contribution in [0.25, 0.3) is 0 Å². The van der Waals surface area contributed by atoms with E-state index in [1.165, 1.54) is 0 Å². The fourth-order valence-electron chi connectivity index (χ4n) is 0.274. The van der Waals surface area contributed by atoms with E-state index >= 15 is 0 Å². The Kier molecular flexibility index (Phi) is 3.02. The van der Waals surface area contributed by atoms with Gasteiger partial charge in [0.15, 0.2) is 0 Å². The van der Waals surface area contributed by atoms with Gasteiger partial charge in [-0.3, -0.25) is 0 Å². The molecule has 0 aliphatic rings. The summed E-state index contributed by atoms with van der Waals surface area (Å²) < 4.78 is 4.68. The van der Waals surface area contributed by atoms with Crippen molar-refractivity contribution in [3.8, 4) is 0 Å². The Morgan fingerprint density at radius 3 is 2.43 bits per heavy atom. The zero-order chi connectivity index (χ0) is 5.70. The molecule has 40 valence electrons. The first-order chi connectivity index (χ1) is 3.35. The standard InChI is InChI=1S/C5H9NO/c1-4-5(6-2)7-3/h4H,2H2,1,3H3. The summed E-state index contributed by atoms with van der Waals surface area (Å²) in [5.74, 6) is 0.569. The fourth-order valence-corrected chi connectivity index (χ4v) is 0.274. The molecule has 0 saturated carbocycles. The molecule has 0 rings (SSSR count). The van der Waals surface area contributed by atoms with Crippen LogP contribution in [0.1, 0.15) is 6.92 Å². The third kappa shape index (κ3) is 1.98. The molecule has 0 fully saturated rings. The van der Waals surface area contributed by atoms with Gasteiger partial charge in [-0.15, -0.1) is 0 Å². The molecule has 0 bridgehead atoms.